The second-order valence-corrected chi connectivity index (χ2v) is 11.4. The molecule has 0 N–H and O–H groups in total. The number of benzene rings is 4. The molecule has 4 aromatic carbocycles. The van der Waals surface area contributed by atoms with Crippen molar-refractivity contribution in [2.45, 2.75) is 5.66 Å². The summed E-state index contributed by atoms with van der Waals surface area (Å²) in [5.74, 6) is -0.365. The van der Waals surface area contributed by atoms with Crippen LogP contribution < -0.4 is 15.9 Å². The topological polar surface area (TPSA) is 26.3 Å². The summed E-state index contributed by atoms with van der Waals surface area (Å²) in [4.78, 5) is 11.7. The molecule has 0 aliphatic heterocycles. The number of ether oxygens (including phenoxy) is 1. The maximum Gasteiger partial charge on any atom is 0.330 e. The Morgan fingerprint density at radius 3 is 1.47 bits per heavy atom. The van der Waals surface area contributed by atoms with Crippen LogP contribution in [-0.2, 0) is 9.53 Å². The predicted molar refractivity (Wildman–Crippen MR) is 145 cm³/mol. The molecule has 0 aliphatic rings. The van der Waals surface area contributed by atoms with Crippen molar-refractivity contribution in [3.63, 3.8) is 0 Å². The summed E-state index contributed by atoms with van der Waals surface area (Å²) in [7, 11) is -0.804. The molecule has 0 bridgehead atoms. The second-order valence-electron chi connectivity index (χ2n) is 7.85. The highest BCUT2D eigenvalue weighted by molar-refractivity contribution is 7.96. The lowest BCUT2D eigenvalue weighted by Gasteiger charge is -2.33. The average Bonchev–Trinajstić information content (AvgIpc) is 2.92. The van der Waals surface area contributed by atoms with Gasteiger partial charge in [-0.2, -0.15) is 0 Å². The van der Waals surface area contributed by atoms with Crippen LogP contribution in [0.3, 0.4) is 0 Å². The third kappa shape index (κ3) is 4.93. The number of allylic oxidation sites excluding steroid dienone is 3. The van der Waals surface area contributed by atoms with Crippen molar-refractivity contribution in [1.29, 1.82) is 0 Å². The molecule has 1 atom stereocenters. The van der Waals surface area contributed by atoms with Gasteiger partial charge in [-0.05, 0) is 48.0 Å². The highest BCUT2D eigenvalue weighted by atomic mass is 31.2. The zero-order valence-corrected chi connectivity index (χ0v) is 20.1. The third-order valence-corrected chi connectivity index (χ3v) is 10.5. The molecule has 0 aliphatic carbocycles. The minimum absolute atomic E-state index is 0.0585. The van der Waals surface area contributed by atoms with Gasteiger partial charge in [0.2, 0.25) is 0 Å². The number of carbonyl (C=O) groups is 1. The predicted octanol–water partition coefficient (Wildman–Crippen LogP) is 6.01. The molecule has 0 amide bonds. The van der Waals surface area contributed by atoms with E-state index >= 15 is 0 Å². The van der Waals surface area contributed by atoms with Gasteiger partial charge < -0.3 is 4.74 Å². The SMILES string of the molecule is COC(=O)/C=C/C=C\[C@@H](c1ccccc1)[P+](c1ccccc1)(c1ccccc1)c1ccccc1. The van der Waals surface area contributed by atoms with Crippen LogP contribution in [-0.4, -0.2) is 13.1 Å². The van der Waals surface area contributed by atoms with E-state index in [1.165, 1.54) is 34.7 Å². The van der Waals surface area contributed by atoms with E-state index in [0.29, 0.717) is 0 Å². The van der Waals surface area contributed by atoms with E-state index in [1.54, 1.807) is 6.08 Å². The molecule has 0 unspecified atom stereocenters. The molecule has 168 valence electrons. The zero-order valence-electron chi connectivity index (χ0n) is 19.2. The molecule has 0 saturated carbocycles. The zero-order chi connectivity index (χ0) is 23.6. The number of esters is 1. The first kappa shape index (κ1) is 23.4. The smallest absolute Gasteiger partial charge is 0.330 e. The van der Waals surface area contributed by atoms with E-state index in [9.17, 15) is 4.79 Å². The van der Waals surface area contributed by atoms with E-state index in [-0.39, 0.29) is 11.6 Å². The molecule has 4 aromatic rings. The van der Waals surface area contributed by atoms with Crippen molar-refractivity contribution < 1.29 is 9.53 Å². The fraction of sp³-hybridized carbons (Fsp3) is 0.0645. The molecule has 2 nitrogen and oxygen atoms in total. The number of rotatable bonds is 8. The van der Waals surface area contributed by atoms with E-state index < -0.39 is 7.26 Å². The van der Waals surface area contributed by atoms with Gasteiger partial charge in [-0.15, -0.1) is 0 Å². The molecule has 0 fully saturated rings. The second kappa shape index (κ2) is 11.4. The van der Waals surface area contributed by atoms with Gasteiger partial charge in [0.25, 0.3) is 0 Å². The van der Waals surface area contributed by atoms with Gasteiger partial charge >= 0.3 is 5.97 Å². The maximum atomic E-state index is 11.7. The summed E-state index contributed by atoms with van der Waals surface area (Å²) in [5, 5.41) is 3.92. The van der Waals surface area contributed by atoms with Crippen molar-refractivity contribution >= 4 is 29.1 Å². The molecular formula is C31H28O2P+. The largest absolute Gasteiger partial charge is 0.466 e. The van der Waals surface area contributed by atoms with Crippen LogP contribution in [0.15, 0.2) is 146 Å². The number of methoxy groups -OCH3 is 1. The summed E-state index contributed by atoms with van der Waals surface area (Å²) in [6.45, 7) is 0. The molecule has 4 rings (SSSR count). The summed E-state index contributed by atoms with van der Waals surface area (Å²) in [6.07, 6.45) is 7.41. The molecule has 0 heterocycles. The molecule has 0 saturated heterocycles. The maximum absolute atomic E-state index is 11.7. The third-order valence-electron chi connectivity index (χ3n) is 5.89. The standard InChI is InChI=1S/C31H28O2P/c1-33-31(32)25-15-14-24-30(26-16-6-2-7-17-26)34(27-18-8-3-9-19-27,28-20-10-4-11-21-28)29-22-12-5-13-23-29/h2-25,30H,1H3/q+1/b24-14-,25-15+/t30-/m0/s1. The van der Waals surface area contributed by atoms with E-state index in [4.69, 9.17) is 4.74 Å². The molecule has 3 heteroatoms. The first-order chi connectivity index (χ1) is 16.8. The van der Waals surface area contributed by atoms with Crippen LogP contribution in [0, 0.1) is 0 Å². The van der Waals surface area contributed by atoms with Gasteiger partial charge in [-0.3, -0.25) is 0 Å². The Hall–Kier alpha value is -3.74. The normalized spacial score (nSPS) is 12.6. The van der Waals surface area contributed by atoms with Gasteiger partial charge in [0.15, 0.2) is 0 Å². The number of hydrogen-bond donors (Lipinski definition) is 0. The van der Waals surface area contributed by atoms with Crippen molar-refractivity contribution in [2.24, 2.45) is 0 Å². The first-order valence-electron chi connectivity index (χ1n) is 11.3. The Kier molecular flexibility index (Phi) is 7.86. The summed E-state index contributed by atoms with van der Waals surface area (Å²) in [5.41, 5.74) is 1.29. The van der Waals surface area contributed by atoms with Gasteiger partial charge in [-0.1, -0.05) is 97.1 Å². The van der Waals surface area contributed by atoms with Crippen LogP contribution in [0.2, 0.25) is 0 Å². The Labute approximate surface area is 202 Å². The van der Waals surface area contributed by atoms with Crippen LogP contribution in [0.4, 0.5) is 0 Å². The minimum atomic E-state index is -2.19. The number of carbonyl (C=O) groups excluding carboxylic acids is 1. The van der Waals surface area contributed by atoms with Crippen molar-refractivity contribution in [1.82, 2.24) is 0 Å². The molecule has 34 heavy (non-hydrogen) atoms. The highest BCUT2D eigenvalue weighted by Gasteiger charge is 2.51. The molecular weight excluding hydrogens is 435 g/mol. The van der Waals surface area contributed by atoms with Crippen LogP contribution in [0.5, 0.6) is 0 Å². The Morgan fingerprint density at radius 2 is 1.06 bits per heavy atom. The van der Waals surface area contributed by atoms with Crippen molar-refractivity contribution in [3.8, 4) is 0 Å². The highest BCUT2D eigenvalue weighted by Crippen LogP contribution is 2.67. The van der Waals surface area contributed by atoms with Crippen molar-refractivity contribution in [3.05, 3.63) is 151 Å². The Bertz CT molecular complexity index is 1140. The summed E-state index contributed by atoms with van der Waals surface area (Å²) >= 11 is 0. The van der Waals surface area contributed by atoms with Crippen molar-refractivity contribution in [2.75, 3.05) is 7.11 Å². The van der Waals surface area contributed by atoms with Crippen LogP contribution in [0.1, 0.15) is 11.2 Å². The number of hydrogen-bond acceptors (Lipinski definition) is 2. The molecule has 0 aromatic heterocycles. The molecule has 0 spiro atoms. The summed E-state index contributed by atoms with van der Waals surface area (Å²) < 4.78 is 4.76. The fourth-order valence-corrected chi connectivity index (χ4v) is 9.17. The molecule has 0 radical (unpaired) electrons. The monoisotopic (exact) mass is 463 g/mol. The quantitative estimate of drug-likeness (QED) is 0.139. The van der Waals surface area contributed by atoms with E-state index in [1.807, 2.05) is 6.08 Å². The lowest BCUT2D eigenvalue weighted by atomic mass is 10.1. The fourth-order valence-electron chi connectivity index (χ4n) is 4.40. The minimum Gasteiger partial charge on any atom is -0.466 e. The summed E-state index contributed by atoms with van der Waals surface area (Å²) in [6, 6.07) is 43.1. The lowest BCUT2D eigenvalue weighted by molar-refractivity contribution is -0.134. The Balaban J connectivity index is 2.04. The van der Waals surface area contributed by atoms with Gasteiger partial charge in [0, 0.05) is 6.08 Å². The van der Waals surface area contributed by atoms with Crippen LogP contribution >= 0.6 is 7.26 Å². The van der Waals surface area contributed by atoms with E-state index in [0.717, 1.165) is 0 Å². The average molecular weight is 464 g/mol. The Morgan fingerprint density at radius 1 is 0.647 bits per heavy atom. The van der Waals surface area contributed by atoms with Gasteiger partial charge in [-0.25, -0.2) is 4.79 Å². The van der Waals surface area contributed by atoms with Gasteiger partial charge in [0.05, 0.1) is 7.11 Å². The van der Waals surface area contributed by atoms with Crippen LogP contribution in [0.25, 0.3) is 0 Å². The first-order valence-corrected chi connectivity index (χ1v) is 13.2. The van der Waals surface area contributed by atoms with E-state index in [2.05, 4.69) is 127 Å². The van der Waals surface area contributed by atoms with Gasteiger partial charge in [0.1, 0.15) is 28.8 Å². The lowest BCUT2D eigenvalue weighted by Crippen LogP contribution is -2.34.